The molecule has 0 amide bonds. The van der Waals surface area contributed by atoms with Crippen LogP contribution in [-0.2, 0) is 0 Å². The highest BCUT2D eigenvalue weighted by Crippen LogP contribution is 2.51. The standard InChI is InChI=1S/C11H22N2/c1-11(2)6-8(11)7-13-10-4-3-9(12)5-10/h8-10,13H,3-7,12H2,1-2H3. The Morgan fingerprint density at radius 2 is 2.08 bits per heavy atom. The number of nitrogens with two attached hydrogens (primary N) is 1. The van der Waals surface area contributed by atoms with Gasteiger partial charge in [0.05, 0.1) is 0 Å². The molecule has 2 fully saturated rings. The van der Waals surface area contributed by atoms with Crippen molar-refractivity contribution in [1.29, 1.82) is 0 Å². The van der Waals surface area contributed by atoms with Crippen LogP contribution in [0.3, 0.4) is 0 Å². The maximum atomic E-state index is 5.86. The van der Waals surface area contributed by atoms with Gasteiger partial charge in [-0.05, 0) is 43.6 Å². The second-order valence-corrected chi connectivity index (χ2v) is 5.57. The van der Waals surface area contributed by atoms with Gasteiger partial charge in [0.1, 0.15) is 0 Å². The second kappa shape index (κ2) is 3.25. The number of hydrogen-bond acceptors (Lipinski definition) is 2. The summed E-state index contributed by atoms with van der Waals surface area (Å²) >= 11 is 0. The number of rotatable bonds is 3. The average Bonchev–Trinajstić information content (AvgIpc) is 2.45. The van der Waals surface area contributed by atoms with Crippen LogP contribution in [0.1, 0.15) is 39.5 Å². The van der Waals surface area contributed by atoms with E-state index in [1.165, 1.54) is 32.2 Å². The molecule has 0 saturated heterocycles. The fourth-order valence-electron chi connectivity index (χ4n) is 2.44. The zero-order valence-corrected chi connectivity index (χ0v) is 8.84. The summed E-state index contributed by atoms with van der Waals surface area (Å²) in [6.07, 6.45) is 5.09. The van der Waals surface area contributed by atoms with Crippen molar-refractivity contribution >= 4 is 0 Å². The van der Waals surface area contributed by atoms with Crippen molar-refractivity contribution in [2.24, 2.45) is 17.1 Å². The van der Waals surface area contributed by atoms with Gasteiger partial charge in [0.25, 0.3) is 0 Å². The highest BCUT2D eigenvalue weighted by Gasteiger charge is 2.45. The third-order valence-corrected chi connectivity index (χ3v) is 3.84. The van der Waals surface area contributed by atoms with Gasteiger partial charge in [0.2, 0.25) is 0 Å². The van der Waals surface area contributed by atoms with Gasteiger partial charge in [-0.1, -0.05) is 13.8 Å². The van der Waals surface area contributed by atoms with E-state index in [1.54, 1.807) is 0 Å². The molecule has 0 heterocycles. The van der Waals surface area contributed by atoms with Gasteiger partial charge in [0, 0.05) is 12.1 Å². The fraction of sp³-hybridized carbons (Fsp3) is 1.00. The minimum absolute atomic E-state index is 0.463. The van der Waals surface area contributed by atoms with Gasteiger partial charge >= 0.3 is 0 Å². The Morgan fingerprint density at radius 1 is 1.38 bits per heavy atom. The van der Waals surface area contributed by atoms with Gasteiger partial charge < -0.3 is 11.1 Å². The van der Waals surface area contributed by atoms with E-state index in [2.05, 4.69) is 19.2 Å². The molecule has 2 aliphatic rings. The Hall–Kier alpha value is -0.0800. The van der Waals surface area contributed by atoms with E-state index in [4.69, 9.17) is 5.73 Å². The Morgan fingerprint density at radius 3 is 2.54 bits per heavy atom. The summed E-state index contributed by atoms with van der Waals surface area (Å²) in [6, 6.07) is 1.18. The van der Waals surface area contributed by atoms with Crippen LogP contribution in [0.15, 0.2) is 0 Å². The molecule has 0 aliphatic heterocycles. The van der Waals surface area contributed by atoms with Crippen LogP contribution in [0.4, 0.5) is 0 Å². The molecule has 2 aliphatic carbocycles. The SMILES string of the molecule is CC1(C)CC1CNC1CCC(N)C1. The Balaban J connectivity index is 1.64. The van der Waals surface area contributed by atoms with Gasteiger partial charge in [-0.25, -0.2) is 0 Å². The first-order chi connectivity index (χ1) is 6.08. The predicted octanol–water partition coefficient (Wildman–Crippen LogP) is 1.50. The molecular weight excluding hydrogens is 160 g/mol. The summed E-state index contributed by atoms with van der Waals surface area (Å²) < 4.78 is 0. The maximum Gasteiger partial charge on any atom is 0.00824 e. The number of nitrogens with one attached hydrogen (secondary N) is 1. The Kier molecular flexibility index (Phi) is 2.37. The van der Waals surface area contributed by atoms with Crippen molar-refractivity contribution in [3.8, 4) is 0 Å². The third-order valence-electron chi connectivity index (χ3n) is 3.84. The molecule has 0 bridgehead atoms. The largest absolute Gasteiger partial charge is 0.328 e. The van der Waals surface area contributed by atoms with Gasteiger partial charge in [-0.3, -0.25) is 0 Å². The summed E-state index contributed by atoms with van der Waals surface area (Å²) in [5.74, 6) is 0.921. The molecule has 0 radical (unpaired) electrons. The van der Waals surface area contributed by atoms with Crippen molar-refractivity contribution in [2.45, 2.75) is 51.6 Å². The van der Waals surface area contributed by atoms with Crippen LogP contribution in [0.25, 0.3) is 0 Å². The molecule has 0 aromatic carbocycles. The third kappa shape index (κ3) is 2.23. The van der Waals surface area contributed by atoms with E-state index in [0.717, 1.165) is 5.92 Å². The van der Waals surface area contributed by atoms with Crippen LogP contribution in [-0.4, -0.2) is 18.6 Å². The molecule has 2 rings (SSSR count). The first-order valence-corrected chi connectivity index (χ1v) is 5.57. The van der Waals surface area contributed by atoms with Crippen molar-refractivity contribution < 1.29 is 0 Å². The van der Waals surface area contributed by atoms with Crippen LogP contribution in [0.5, 0.6) is 0 Å². The quantitative estimate of drug-likeness (QED) is 0.694. The highest BCUT2D eigenvalue weighted by molar-refractivity contribution is 4.97. The number of hydrogen-bond donors (Lipinski definition) is 2. The summed E-state index contributed by atoms with van der Waals surface area (Å²) in [6.45, 7) is 5.93. The summed E-state index contributed by atoms with van der Waals surface area (Å²) in [5, 5.41) is 3.65. The van der Waals surface area contributed by atoms with Crippen molar-refractivity contribution in [2.75, 3.05) is 6.54 Å². The zero-order chi connectivity index (χ0) is 9.47. The fourth-order valence-corrected chi connectivity index (χ4v) is 2.44. The Labute approximate surface area is 81.3 Å². The van der Waals surface area contributed by atoms with E-state index in [0.29, 0.717) is 17.5 Å². The molecule has 0 spiro atoms. The lowest BCUT2D eigenvalue weighted by molar-refractivity contribution is 0.461. The molecule has 13 heavy (non-hydrogen) atoms. The zero-order valence-electron chi connectivity index (χ0n) is 8.84. The van der Waals surface area contributed by atoms with E-state index in [9.17, 15) is 0 Å². The predicted molar refractivity (Wildman–Crippen MR) is 55.5 cm³/mol. The van der Waals surface area contributed by atoms with E-state index in [1.807, 2.05) is 0 Å². The van der Waals surface area contributed by atoms with Crippen LogP contribution in [0.2, 0.25) is 0 Å². The van der Waals surface area contributed by atoms with E-state index < -0.39 is 0 Å². The van der Waals surface area contributed by atoms with Crippen LogP contribution >= 0.6 is 0 Å². The molecule has 3 N–H and O–H groups in total. The van der Waals surface area contributed by atoms with Gasteiger partial charge in [0.15, 0.2) is 0 Å². The van der Waals surface area contributed by atoms with Gasteiger partial charge in [-0.2, -0.15) is 0 Å². The molecule has 3 atom stereocenters. The first-order valence-electron chi connectivity index (χ1n) is 5.57. The lowest BCUT2D eigenvalue weighted by Gasteiger charge is -2.12. The Bertz CT molecular complexity index is 189. The first kappa shape index (κ1) is 9.47. The van der Waals surface area contributed by atoms with E-state index >= 15 is 0 Å². The van der Waals surface area contributed by atoms with Crippen molar-refractivity contribution in [1.82, 2.24) is 5.32 Å². The molecule has 0 aromatic rings. The lowest BCUT2D eigenvalue weighted by Crippen LogP contribution is -2.30. The summed E-state index contributed by atoms with van der Waals surface area (Å²) in [4.78, 5) is 0. The molecule has 76 valence electrons. The van der Waals surface area contributed by atoms with Gasteiger partial charge in [-0.15, -0.1) is 0 Å². The summed E-state index contributed by atoms with van der Waals surface area (Å²) in [7, 11) is 0. The molecule has 2 heteroatoms. The monoisotopic (exact) mass is 182 g/mol. The normalized spacial score (nSPS) is 42.2. The lowest BCUT2D eigenvalue weighted by atomic mass is 10.1. The molecular formula is C11H22N2. The molecule has 2 nitrogen and oxygen atoms in total. The molecule has 3 unspecified atom stereocenters. The topological polar surface area (TPSA) is 38.0 Å². The summed E-state index contributed by atoms with van der Waals surface area (Å²) in [5.41, 5.74) is 6.48. The average molecular weight is 182 g/mol. The minimum Gasteiger partial charge on any atom is -0.328 e. The van der Waals surface area contributed by atoms with E-state index in [-0.39, 0.29) is 0 Å². The molecule has 2 saturated carbocycles. The van der Waals surface area contributed by atoms with Crippen LogP contribution in [0, 0.1) is 11.3 Å². The van der Waals surface area contributed by atoms with Crippen molar-refractivity contribution in [3.05, 3.63) is 0 Å². The molecule has 0 aromatic heterocycles. The van der Waals surface area contributed by atoms with Crippen molar-refractivity contribution in [3.63, 3.8) is 0 Å². The maximum absolute atomic E-state index is 5.86. The second-order valence-electron chi connectivity index (χ2n) is 5.57. The van der Waals surface area contributed by atoms with Crippen LogP contribution < -0.4 is 11.1 Å². The smallest absolute Gasteiger partial charge is 0.00824 e. The highest BCUT2D eigenvalue weighted by atomic mass is 14.9. The minimum atomic E-state index is 0.463.